The van der Waals surface area contributed by atoms with Gasteiger partial charge in [0.15, 0.2) is 0 Å². The fourth-order valence-electron chi connectivity index (χ4n) is 1.86. The molecule has 20 heavy (non-hydrogen) atoms. The molecule has 1 atom stereocenters. The average Bonchev–Trinajstić information content (AvgIpc) is 2.45. The molecule has 0 aromatic heterocycles. The fraction of sp³-hybridized carbons (Fsp3) is 0.429. The number of urea groups is 1. The van der Waals surface area contributed by atoms with Gasteiger partial charge in [-0.25, -0.2) is 4.79 Å². The van der Waals surface area contributed by atoms with E-state index in [4.69, 9.17) is 5.11 Å². The SMILES string of the molecule is CCN(CCO)C(=O)NCC(C(=O)O)c1ccccc1. The Morgan fingerprint density at radius 3 is 2.45 bits per heavy atom. The van der Waals surface area contributed by atoms with Crippen LogP contribution in [0, 0.1) is 0 Å². The number of aliphatic hydroxyl groups is 1. The van der Waals surface area contributed by atoms with Crippen LogP contribution in [0.1, 0.15) is 18.4 Å². The molecule has 1 aromatic carbocycles. The summed E-state index contributed by atoms with van der Waals surface area (Å²) in [6.07, 6.45) is 0. The van der Waals surface area contributed by atoms with Gasteiger partial charge < -0.3 is 20.4 Å². The van der Waals surface area contributed by atoms with Crippen molar-refractivity contribution >= 4 is 12.0 Å². The number of rotatable bonds is 7. The standard InChI is InChI=1S/C14H20N2O4/c1-2-16(8-9-17)14(20)15-10-12(13(18)19)11-6-4-3-5-7-11/h3-7,12,17H,2,8-10H2,1H3,(H,15,20)(H,18,19). The minimum absolute atomic E-state index is 0.0140. The van der Waals surface area contributed by atoms with Crippen molar-refractivity contribution in [2.45, 2.75) is 12.8 Å². The van der Waals surface area contributed by atoms with Crippen LogP contribution in [0.15, 0.2) is 30.3 Å². The van der Waals surface area contributed by atoms with Crippen LogP contribution in [0.3, 0.4) is 0 Å². The maximum Gasteiger partial charge on any atom is 0.317 e. The summed E-state index contributed by atoms with van der Waals surface area (Å²) in [7, 11) is 0. The molecule has 2 amide bonds. The molecule has 0 spiro atoms. The van der Waals surface area contributed by atoms with E-state index < -0.39 is 11.9 Å². The molecule has 6 nitrogen and oxygen atoms in total. The molecule has 1 aromatic rings. The molecular formula is C14H20N2O4. The van der Waals surface area contributed by atoms with Crippen molar-refractivity contribution in [2.75, 3.05) is 26.2 Å². The first-order chi connectivity index (χ1) is 9.60. The summed E-state index contributed by atoms with van der Waals surface area (Å²) in [5.74, 6) is -1.77. The van der Waals surface area contributed by atoms with Crippen LogP contribution < -0.4 is 5.32 Å². The van der Waals surface area contributed by atoms with Crippen LogP contribution in [0.25, 0.3) is 0 Å². The molecule has 1 unspecified atom stereocenters. The number of amides is 2. The first-order valence-corrected chi connectivity index (χ1v) is 6.51. The van der Waals surface area contributed by atoms with Crippen LogP contribution in [-0.4, -0.2) is 53.4 Å². The monoisotopic (exact) mass is 280 g/mol. The van der Waals surface area contributed by atoms with Gasteiger partial charge in [-0.15, -0.1) is 0 Å². The van der Waals surface area contributed by atoms with E-state index in [-0.39, 0.29) is 25.7 Å². The molecule has 0 aliphatic heterocycles. The molecule has 0 aliphatic rings. The first kappa shape index (κ1) is 16.0. The maximum absolute atomic E-state index is 11.8. The number of aliphatic hydroxyl groups excluding tert-OH is 1. The number of likely N-dealkylation sites (N-methyl/N-ethyl adjacent to an activating group) is 1. The number of hydrogen-bond donors (Lipinski definition) is 3. The van der Waals surface area contributed by atoms with Gasteiger partial charge in [-0.1, -0.05) is 30.3 Å². The Morgan fingerprint density at radius 1 is 1.30 bits per heavy atom. The number of hydrogen-bond acceptors (Lipinski definition) is 3. The molecule has 110 valence electrons. The molecule has 0 saturated carbocycles. The van der Waals surface area contributed by atoms with E-state index in [1.807, 2.05) is 0 Å². The quantitative estimate of drug-likeness (QED) is 0.691. The van der Waals surface area contributed by atoms with Crippen LogP contribution in [-0.2, 0) is 4.79 Å². The first-order valence-electron chi connectivity index (χ1n) is 6.51. The highest BCUT2D eigenvalue weighted by Gasteiger charge is 2.21. The van der Waals surface area contributed by atoms with Gasteiger partial charge in [0.25, 0.3) is 0 Å². The van der Waals surface area contributed by atoms with Gasteiger partial charge in [0.1, 0.15) is 0 Å². The van der Waals surface area contributed by atoms with Gasteiger partial charge in [0, 0.05) is 19.6 Å². The van der Waals surface area contributed by atoms with Crippen LogP contribution in [0.5, 0.6) is 0 Å². The lowest BCUT2D eigenvalue weighted by Gasteiger charge is -2.21. The van der Waals surface area contributed by atoms with Gasteiger partial charge >= 0.3 is 12.0 Å². The zero-order chi connectivity index (χ0) is 15.0. The molecule has 0 aliphatic carbocycles. The molecule has 0 saturated heterocycles. The van der Waals surface area contributed by atoms with Crippen molar-refractivity contribution in [3.8, 4) is 0 Å². The van der Waals surface area contributed by atoms with Gasteiger partial charge in [0.05, 0.1) is 12.5 Å². The van der Waals surface area contributed by atoms with E-state index in [1.165, 1.54) is 4.90 Å². The van der Waals surface area contributed by atoms with Crippen LogP contribution >= 0.6 is 0 Å². The summed E-state index contributed by atoms with van der Waals surface area (Å²) in [5.41, 5.74) is 0.644. The summed E-state index contributed by atoms with van der Waals surface area (Å²) in [4.78, 5) is 24.5. The number of nitrogens with zero attached hydrogens (tertiary/aromatic N) is 1. The summed E-state index contributed by atoms with van der Waals surface area (Å²) in [6.45, 7) is 2.37. The molecule has 1 rings (SSSR count). The second kappa shape index (κ2) is 8.16. The highest BCUT2D eigenvalue weighted by Crippen LogP contribution is 2.14. The predicted octanol–water partition coefficient (Wildman–Crippen LogP) is 0.879. The second-order valence-corrected chi connectivity index (χ2v) is 4.29. The fourth-order valence-corrected chi connectivity index (χ4v) is 1.86. The summed E-state index contributed by atoms with van der Waals surface area (Å²) < 4.78 is 0. The number of carbonyl (C=O) groups is 2. The summed E-state index contributed by atoms with van der Waals surface area (Å²) in [6, 6.07) is 8.39. The van der Waals surface area contributed by atoms with Crippen molar-refractivity contribution in [3.63, 3.8) is 0 Å². The minimum Gasteiger partial charge on any atom is -0.481 e. The molecule has 0 heterocycles. The van der Waals surface area contributed by atoms with Crippen molar-refractivity contribution in [2.24, 2.45) is 0 Å². The van der Waals surface area contributed by atoms with Crippen molar-refractivity contribution < 1.29 is 19.8 Å². The average molecular weight is 280 g/mol. The summed E-state index contributed by atoms with van der Waals surface area (Å²) >= 11 is 0. The molecule has 0 radical (unpaired) electrons. The Labute approximate surface area is 118 Å². The normalized spacial score (nSPS) is 11.7. The third-order valence-corrected chi connectivity index (χ3v) is 3.00. The number of carbonyl (C=O) groups excluding carboxylic acids is 1. The molecule has 0 bridgehead atoms. The summed E-state index contributed by atoms with van der Waals surface area (Å²) in [5, 5.41) is 20.7. The Kier molecular flexibility index (Phi) is 6.52. The van der Waals surface area contributed by atoms with E-state index in [1.54, 1.807) is 37.3 Å². The number of aliphatic carboxylic acids is 1. The number of benzene rings is 1. The lowest BCUT2D eigenvalue weighted by Crippen LogP contribution is -2.43. The van der Waals surface area contributed by atoms with Crippen molar-refractivity contribution in [1.82, 2.24) is 10.2 Å². The number of carboxylic acid groups (broad SMARTS) is 1. The number of nitrogens with one attached hydrogen (secondary N) is 1. The predicted molar refractivity (Wildman–Crippen MR) is 74.6 cm³/mol. The zero-order valence-corrected chi connectivity index (χ0v) is 11.5. The van der Waals surface area contributed by atoms with Crippen LogP contribution in [0.2, 0.25) is 0 Å². The largest absolute Gasteiger partial charge is 0.481 e. The third kappa shape index (κ3) is 4.55. The highest BCUT2D eigenvalue weighted by molar-refractivity contribution is 5.79. The van der Waals surface area contributed by atoms with Gasteiger partial charge in [-0.05, 0) is 12.5 Å². The highest BCUT2D eigenvalue weighted by atomic mass is 16.4. The van der Waals surface area contributed by atoms with Crippen molar-refractivity contribution in [1.29, 1.82) is 0 Å². The van der Waals surface area contributed by atoms with E-state index in [9.17, 15) is 14.7 Å². The second-order valence-electron chi connectivity index (χ2n) is 4.29. The van der Waals surface area contributed by atoms with E-state index >= 15 is 0 Å². The van der Waals surface area contributed by atoms with E-state index in [2.05, 4.69) is 5.32 Å². The Bertz CT molecular complexity index is 436. The zero-order valence-electron chi connectivity index (χ0n) is 11.5. The molecular weight excluding hydrogens is 260 g/mol. The number of carboxylic acids is 1. The lowest BCUT2D eigenvalue weighted by molar-refractivity contribution is -0.138. The van der Waals surface area contributed by atoms with E-state index in [0.29, 0.717) is 12.1 Å². The third-order valence-electron chi connectivity index (χ3n) is 3.00. The maximum atomic E-state index is 11.8. The smallest absolute Gasteiger partial charge is 0.317 e. The lowest BCUT2D eigenvalue weighted by atomic mass is 9.99. The molecule has 0 fully saturated rings. The molecule has 3 N–H and O–H groups in total. The minimum atomic E-state index is -0.985. The molecule has 6 heteroatoms. The van der Waals surface area contributed by atoms with Crippen LogP contribution in [0.4, 0.5) is 4.79 Å². The van der Waals surface area contributed by atoms with Crippen molar-refractivity contribution in [3.05, 3.63) is 35.9 Å². The van der Waals surface area contributed by atoms with Gasteiger partial charge in [-0.2, -0.15) is 0 Å². The van der Waals surface area contributed by atoms with Gasteiger partial charge in [0.2, 0.25) is 0 Å². The Balaban J connectivity index is 2.64. The topological polar surface area (TPSA) is 89.9 Å². The van der Waals surface area contributed by atoms with E-state index in [0.717, 1.165) is 0 Å². The Hall–Kier alpha value is -2.08. The Morgan fingerprint density at radius 2 is 1.95 bits per heavy atom. The van der Waals surface area contributed by atoms with Gasteiger partial charge in [-0.3, -0.25) is 4.79 Å².